The van der Waals surface area contributed by atoms with E-state index in [-0.39, 0.29) is 5.91 Å². The summed E-state index contributed by atoms with van der Waals surface area (Å²) in [5.41, 5.74) is 2.21. The zero-order valence-corrected chi connectivity index (χ0v) is 15.3. The van der Waals surface area contributed by atoms with Crippen LogP contribution in [0.2, 0.25) is 5.02 Å². The molecule has 0 fully saturated rings. The lowest BCUT2D eigenvalue weighted by Gasteiger charge is -2.17. The van der Waals surface area contributed by atoms with E-state index < -0.39 is 0 Å². The first kappa shape index (κ1) is 17.9. The van der Waals surface area contributed by atoms with Gasteiger partial charge in [0, 0.05) is 24.2 Å². The van der Waals surface area contributed by atoms with Crippen LogP contribution in [0.5, 0.6) is 5.75 Å². The number of carbonyl (C=O) groups is 1. The van der Waals surface area contributed by atoms with Gasteiger partial charge in [0.2, 0.25) is 0 Å². The highest BCUT2D eigenvalue weighted by molar-refractivity contribution is 6.30. The topological polar surface area (TPSA) is 60.2 Å². The molecule has 0 bridgehead atoms. The number of aromatic nitrogens is 3. The number of nitrogens with zero attached hydrogens (tertiary/aromatic N) is 4. The summed E-state index contributed by atoms with van der Waals surface area (Å²) in [5, 5.41) is 8.64. The smallest absolute Gasteiger partial charge is 0.276 e. The van der Waals surface area contributed by atoms with Crippen LogP contribution in [0.15, 0.2) is 54.7 Å². The first-order valence-electron chi connectivity index (χ1n) is 8.09. The third-order valence-electron chi connectivity index (χ3n) is 3.94. The largest absolute Gasteiger partial charge is 0.496 e. The zero-order valence-electron chi connectivity index (χ0n) is 14.6. The highest BCUT2D eigenvalue weighted by Gasteiger charge is 2.18. The summed E-state index contributed by atoms with van der Waals surface area (Å²) in [6.45, 7) is 0.918. The van der Waals surface area contributed by atoms with E-state index in [1.54, 1.807) is 48.1 Å². The molecule has 7 heteroatoms. The van der Waals surface area contributed by atoms with Gasteiger partial charge in [0.15, 0.2) is 5.69 Å². The lowest BCUT2D eigenvalue weighted by molar-refractivity contribution is 0.0778. The van der Waals surface area contributed by atoms with Crippen LogP contribution in [-0.2, 0) is 13.1 Å². The van der Waals surface area contributed by atoms with Crippen molar-refractivity contribution in [2.45, 2.75) is 13.1 Å². The van der Waals surface area contributed by atoms with Crippen molar-refractivity contribution in [1.82, 2.24) is 19.9 Å². The number of benzene rings is 2. The van der Waals surface area contributed by atoms with Gasteiger partial charge in [0.05, 0.1) is 19.9 Å². The van der Waals surface area contributed by atoms with E-state index in [0.717, 1.165) is 11.1 Å². The molecule has 0 aliphatic carbocycles. The standard InChI is InChI=1S/C19H19ClN4O2/c1-23(12-15-10-16(20)8-9-18(15)26-2)19(25)17-13-24(22-21-17)11-14-6-4-3-5-7-14/h3-10,13H,11-12H2,1-2H3. The maximum atomic E-state index is 12.6. The van der Waals surface area contributed by atoms with Crippen molar-refractivity contribution < 1.29 is 9.53 Å². The fraction of sp³-hybridized carbons (Fsp3) is 0.211. The highest BCUT2D eigenvalue weighted by Crippen LogP contribution is 2.24. The number of amides is 1. The molecule has 3 rings (SSSR count). The average Bonchev–Trinajstić information content (AvgIpc) is 3.10. The molecule has 0 spiro atoms. The molecule has 0 aliphatic rings. The molecule has 3 aromatic rings. The molecule has 0 saturated carbocycles. The minimum absolute atomic E-state index is 0.216. The Hall–Kier alpha value is -2.86. The molecule has 1 aromatic heterocycles. The average molecular weight is 371 g/mol. The zero-order chi connectivity index (χ0) is 18.5. The van der Waals surface area contributed by atoms with Crippen LogP contribution < -0.4 is 4.74 Å². The Morgan fingerprint density at radius 2 is 2.00 bits per heavy atom. The Morgan fingerprint density at radius 1 is 1.23 bits per heavy atom. The van der Waals surface area contributed by atoms with Crippen molar-refractivity contribution in [2.75, 3.05) is 14.2 Å². The molecule has 0 saturated heterocycles. The number of rotatable bonds is 6. The first-order chi connectivity index (χ1) is 12.6. The van der Waals surface area contributed by atoms with Crippen molar-refractivity contribution in [3.8, 4) is 5.75 Å². The van der Waals surface area contributed by atoms with Crippen molar-refractivity contribution in [3.63, 3.8) is 0 Å². The maximum absolute atomic E-state index is 12.6. The number of methoxy groups -OCH3 is 1. The molecular formula is C19H19ClN4O2. The molecule has 0 unspecified atom stereocenters. The van der Waals surface area contributed by atoms with Crippen LogP contribution >= 0.6 is 11.6 Å². The fourth-order valence-electron chi connectivity index (χ4n) is 2.64. The minimum atomic E-state index is -0.216. The summed E-state index contributed by atoms with van der Waals surface area (Å²) >= 11 is 6.05. The van der Waals surface area contributed by atoms with E-state index in [4.69, 9.17) is 16.3 Å². The van der Waals surface area contributed by atoms with Gasteiger partial charge < -0.3 is 9.64 Å². The summed E-state index contributed by atoms with van der Waals surface area (Å²) in [6, 6.07) is 15.2. The van der Waals surface area contributed by atoms with Gasteiger partial charge in [-0.15, -0.1) is 5.10 Å². The number of hydrogen-bond donors (Lipinski definition) is 0. The van der Waals surface area contributed by atoms with Crippen molar-refractivity contribution in [1.29, 1.82) is 0 Å². The molecule has 0 aliphatic heterocycles. The Labute approximate surface area is 157 Å². The van der Waals surface area contributed by atoms with Gasteiger partial charge in [-0.25, -0.2) is 4.68 Å². The Morgan fingerprint density at radius 3 is 2.73 bits per heavy atom. The molecule has 6 nitrogen and oxygen atoms in total. The lowest BCUT2D eigenvalue weighted by atomic mass is 10.2. The second-order valence-electron chi connectivity index (χ2n) is 5.90. The molecule has 0 N–H and O–H groups in total. The van der Waals surface area contributed by atoms with Crippen molar-refractivity contribution >= 4 is 17.5 Å². The Bertz CT molecular complexity index is 896. The van der Waals surface area contributed by atoms with Crippen LogP contribution in [0.3, 0.4) is 0 Å². The first-order valence-corrected chi connectivity index (χ1v) is 8.46. The van der Waals surface area contributed by atoms with Gasteiger partial charge in [0.25, 0.3) is 5.91 Å². The van der Waals surface area contributed by atoms with Crippen LogP contribution in [0, 0.1) is 0 Å². The van der Waals surface area contributed by atoms with Crippen molar-refractivity contribution in [3.05, 3.63) is 76.6 Å². The molecule has 1 amide bonds. The molecule has 26 heavy (non-hydrogen) atoms. The number of ether oxygens (including phenoxy) is 1. The summed E-state index contributed by atoms with van der Waals surface area (Å²) in [5.74, 6) is 0.466. The SMILES string of the molecule is COc1ccc(Cl)cc1CN(C)C(=O)c1cn(Cc2ccccc2)nn1. The number of hydrogen-bond acceptors (Lipinski definition) is 4. The van der Waals surface area contributed by atoms with E-state index in [0.29, 0.717) is 29.6 Å². The van der Waals surface area contributed by atoms with E-state index >= 15 is 0 Å². The van der Waals surface area contributed by atoms with Crippen LogP contribution in [-0.4, -0.2) is 40.0 Å². The Kier molecular flexibility index (Phi) is 5.53. The van der Waals surface area contributed by atoms with Gasteiger partial charge >= 0.3 is 0 Å². The highest BCUT2D eigenvalue weighted by atomic mass is 35.5. The van der Waals surface area contributed by atoms with E-state index in [2.05, 4.69) is 10.3 Å². The predicted molar refractivity (Wildman–Crippen MR) is 99.4 cm³/mol. The number of halogens is 1. The quantitative estimate of drug-likeness (QED) is 0.668. The maximum Gasteiger partial charge on any atom is 0.276 e. The summed E-state index contributed by atoms with van der Waals surface area (Å²) in [7, 11) is 3.29. The third kappa shape index (κ3) is 4.21. The minimum Gasteiger partial charge on any atom is -0.496 e. The molecule has 134 valence electrons. The van der Waals surface area contributed by atoms with Crippen LogP contribution in [0.4, 0.5) is 0 Å². The van der Waals surface area contributed by atoms with E-state index in [1.807, 2.05) is 30.3 Å². The summed E-state index contributed by atoms with van der Waals surface area (Å²) in [4.78, 5) is 14.2. The van der Waals surface area contributed by atoms with E-state index in [1.165, 1.54) is 0 Å². The van der Waals surface area contributed by atoms with E-state index in [9.17, 15) is 4.79 Å². The van der Waals surface area contributed by atoms with Gasteiger partial charge in [0.1, 0.15) is 5.75 Å². The van der Waals surface area contributed by atoms with Gasteiger partial charge in [-0.05, 0) is 23.8 Å². The number of carbonyl (C=O) groups excluding carboxylic acids is 1. The molecule has 0 radical (unpaired) electrons. The Balaban J connectivity index is 1.70. The lowest BCUT2D eigenvalue weighted by Crippen LogP contribution is -2.26. The van der Waals surface area contributed by atoms with Crippen LogP contribution in [0.1, 0.15) is 21.6 Å². The van der Waals surface area contributed by atoms with Crippen LogP contribution in [0.25, 0.3) is 0 Å². The molecular weight excluding hydrogens is 352 g/mol. The second-order valence-corrected chi connectivity index (χ2v) is 6.34. The molecule has 1 heterocycles. The summed E-state index contributed by atoms with van der Waals surface area (Å²) < 4.78 is 6.98. The van der Waals surface area contributed by atoms with Crippen molar-refractivity contribution in [2.24, 2.45) is 0 Å². The molecule has 0 atom stereocenters. The van der Waals surface area contributed by atoms with Gasteiger partial charge in [-0.1, -0.05) is 47.1 Å². The third-order valence-corrected chi connectivity index (χ3v) is 4.18. The second kappa shape index (κ2) is 8.01. The van der Waals surface area contributed by atoms with Gasteiger partial charge in [-0.3, -0.25) is 4.79 Å². The molecule has 2 aromatic carbocycles. The van der Waals surface area contributed by atoms with Gasteiger partial charge in [-0.2, -0.15) is 0 Å². The monoisotopic (exact) mass is 370 g/mol. The fourth-order valence-corrected chi connectivity index (χ4v) is 2.83. The predicted octanol–water partition coefficient (Wildman–Crippen LogP) is 3.26. The normalized spacial score (nSPS) is 10.6. The summed E-state index contributed by atoms with van der Waals surface area (Å²) in [6.07, 6.45) is 1.65.